The van der Waals surface area contributed by atoms with E-state index >= 15 is 0 Å². The van der Waals surface area contributed by atoms with Gasteiger partial charge in [0.05, 0.1) is 0 Å². The van der Waals surface area contributed by atoms with E-state index in [9.17, 15) is 0 Å². The molecule has 0 fully saturated rings. The van der Waals surface area contributed by atoms with Gasteiger partial charge in [-0.05, 0) is 0 Å². The van der Waals surface area contributed by atoms with Gasteiger partial charge in [-0.2, -0.15) is 0 Å². The third-order valence-electron chi connectivity index (χ3n) is 0.929. The smallest absolute Gasteiger partial charge is 0.00393 e. The summed E-state index contributed by atoms with van der Waals surface area (Å²) in [6.07, 6.45) is 0. The first kappa shape index (κ1) is 8.57. The van der Waals surface area contributed by atoms with Gasteiger partial charge < -0.3 is 0 Å². The van der Waals surface area contributed by atoms with Crippen molar-refractivity contribution in [1.29, 1.82) is 0 Å². The third kappa shape index (κ3) is 2.78. The maximum absolute atomic E-state index is 5.21. The number of hydrogen-bond acceptors (Lipinski definition) is 1. The highest BCUT2D eigenvalue weighted by molar-refractivity contribution is 8.29. The summed E-state index contributed by atoms with van der Waals surface area (Å²) in [6, 6.07) is 0. The fourth-order valence-electron chi connectivity index (χ4n) is 0.544. The van der Waals surface area contributed by atoms with E-state index in [0.29, 0.717) is 10.5 Å². The van der Waals surface area contributed by atoms with E-state index in [1.54, 1.807) is 0 Å². The predicted molar refractivity (Wildman–Crippen MR) is 45.0 cm³/mol. The van der Waals surface area contributed by atoms with Gasteiger partial charge in [-0.25, -0.2) is 0 Å². The van der Waals surface area contributed by atoms with Crippen molar-refractivity contribution in [3.8, 4) is 0 Å². The second kappa shape index (κ2) is 3.57. The monoisotopic (exact) mass is 150 g/mol. The Labute approximate surface area is 59.3 Å². The molecule has 0 N–H and O–H groups in total. The van der Waals surface area contributed by atoms with Crippen LogP contribution < -0.4 is 0 Å². The normalized spacial score (nSPS) is 11.9. The van der Waals surface area contributed by atoms with E-state index in [-0.39, 0.29) is 9.45 Å². The highest BCUT2D eigenvalue weighted by atomic mass is 32.8. The summed E-state index contributed by atoms with van der Waals surface area (Å²) in [6.45, 7) is 8.76. The Morgan fingerprint density at radius 2 is 1.25 bits per heavy atom. The molecule has 0 radical (unpaired) electrons. The van der Waals surface area contributed by atoms with Crippen LogP contribution in [0.1, 0.15) is 27.7 Å². The Morgan fingerprint density at radius 3 is 1.25 bits per heavy atom. The van der Waals surface area contributed by atoms with Crippen LogP contribution in [0, 0.1) is 0 Å². The van der Waals surface area contributed by atoms with Crippen molar-refractivity contribution in [2.75, 3.05) is 0 Å². The average Bonchev–Trinajstić information content (AvgIpc) is 1.64. The van der Waals surface area contributed by atoms with E-state index in [1.165, 1.54) is 0 Å². The van der Waals surface area contributed by atoms with Gasteiger partial charge in [0.1, 0.15) is 0 Å². The zero-order valence-corrected chi connectivity index (χ0v) is 7.60. The first-order chi connectivity index (χ1) is 3.55. The Balaban J connectivity index is 3.65. The molecule has 0 aromatic heterocycles. The summed E-state index contributed by atoms with van der Waals surface area (Å²) < 4.78 is 0. The van der Waals surface area contributed by atoms with Crippen LogP contribution in [0.4, 0.5) is 0 Å². The topological polar surface area (TPSA) is 0 Å². The van der Waals surface area contributed by atoms with Gasteiger partial charge >= 0.3 is 0 Å². The summed E-state index contributed by atoms with van der Waals surface area (Å²) in [4.78, 5) is 0. The molecule has 0 atom stereocenters. The molecule has 0 saturated carbocycles. The van der Waals surface area contributed by atoms with Crippen molar-refractivity contribution in [2.45, 2.75) is 38.2 Å². The lowest BCUT2D eigenvalue weighted by Gasteiger charge is -2.11. The van der Waals surface area contributed by atoms with E-state index in [4.69, 9.17) is 11.2 Å². The highest BCUT2D eigenvalue weighted by Gasteiger charge is 2.03. The van der Waals surface area contributed by atoms with Gasteiger partial charge in [0.15, 0.2) is 0 Å². The Kier molecular flexibility index (Phi) is 3.82. The standard InChI is InChI=1S/C6H14S2/c1-5(2)8(7)6(3)4/h5-6H,1-4H3. The van der Waals surface area contributed by atoms with E-state index < -0.39 is 0 Å². The minimum Gasteiger partial charge on any atom is -0.116 e. The minimum atomic E-state index is 0.210. The largest absolute Gasteiger partial charge is 0.116 e. The van der Waals surface area contributed by atoms with Crippen LogP contribution >= 0.6 is 0 Å². The van der Waals surface area contributed by atoms with E-state index in [0.717, 1.165) is 0 Å². The molecule has 0 rings (SSSR count). The molecule has 0 nitrogen and oxygen atoms in total. The van der Waals surface area contributed by atoms with Crippen LogP contribution in [0.5, 0.6) is 0 Å². The molecule has 0 spiro atoms. The predicted octanol–water partition coefficient (Wildman–Crippen LogP) is 1.88. The third-order valence-corrected chi connectivity index (χ3v) is 5.10. The lowest BCUT2D eigenvalue weighted by Crippen LogP contribution is -2.13. The van der Waals surface area contributed by atoms with Gasteiger partial charge in [0.25, 0.3) is 0 Å². The Morgan fingerprint density at radius 1 is 1.00 bits per heavy atom. The fourth-order valence-corrected chi connectivity index (χ4v) is 1.63. The number of hydrogen-bond donors (Lipinski definition) is 0. The number of rotatable bonds is 2. The molecule has 0 saturated heterocycles. The van der Waals surface area contributed by atoms with Crippen LogP contribution in [0.2, 0.25) is 0 Å². The second-order valence-electron chi connectivity index (χ2n) is 2.43. The van der Waals surface area contributed by atoms with Crippen LogP contribution in [0.3, 0.4) is 0 Å². The molecule has 0 aliphatic rings. The molecule has 0 aliphatic carbocycles. The molecular weight excluding hydrogens is 136 g/mol. The Hall–Kier alpha value is 0.570. The fraction of sp³-hybridized carbons (Fsp3) is 1.00. The second-order valence-corrected chi connectivity index (χ2v) is 6.12. The quantitative estimate of drug-likeness (QED) is 0.579. The SMILES string of the molecule is CC(C)S(=S)C(C)C. The Bertz CT molecular complexity index is 74.5. The van der Waals surface area contributed by atoms with Crippen molar-refractivity contribution in [2.24, 2.45) is 0 Å². The maximum atomic E-state index is 5.21. The summed E-state index contributed by atoms with van der Waals surface area (Å²) in [7, 11) is 0.210. The average molecular weight is 150 g/mol. The van der Waals surface area contributed by atoms with Gasteiger partial charge in [0.2, 0.25) is 0 Å². The van der Waals surface area contributed by atoms with E-state index in [1.807, 2.05) is 0 Å². The van der Waals surface area contributed by atoms with Crippen LogP contribution in [0.15, 0.2) is 0 Å². The summed E-state index contributed by atoms with van der Waals surface area (Å²) in [5, 5.41) is 1.37. The van der Waals surface area contributed by atoms with Crippen molar-refractivity contribution in [3.63, 3.8) is 0 Å². The molecule has 0 amide bonds. The molecule has 0 aliphatic heterocycles. The molecule has 0 aromatic rings. The van der Waals surface area contributed by atoms with Crippen molar-refractivity contribution >= 4 is 20.6 Å². The van der Waals surface area contributed by atoms with Crippen molar-refractivity contribution < 1.29 is 0 Å². The highest BCUT2D eigenvalue weighted by Crippen LogP contribution is 2.01. The van der Waals surface area contributed by atoms with Gasteiger partial charge in [0, 0.05) is 10.5 Å². The lowest BCUT2D eigenvalue weighted by molar-refractivity contribution is 1.04. The molecule has 8 heavy (non-hydrogen) atoms. The van der Waals surface area contributed by atoms with E-state index in [2.05, 4.69) is 27.7 Å². The zero-order chi connectivity index (χ0) is 6.73. The molecule has 0 aromatic carbocycles. The van der Waals surface area contributed by atoms with Crippen LogP contribution in [-0.4, -0.2) is 10.5 Å². The van der Waals surface area contributed by atoms with Gasteiger partial charge in [-0.1, -0.05) is 38.9 Å². The first-order valence-electron chi connectivity index (χ1n) is 2.95. The van der Waals surface area contributed by atoms with Crippen LogP contribution in [0.25, 0.3) is 0 Å². The molecule has 2 heteroatoms. The molecular formula is C6H14S2. The van der Waals surface area contributed by atoms with Crippen molar-refractivity contribution in [1.82, 2.24) is 0 Å². The van der Waals surface area contributed by atoms with Gasteiger partial charge in [-0.3, -0.25) is 0 Å². The molecule has 0 bridgehead atoms. The first-order valence-corrected chi connectivity index (χ1v) is 5.22. The summed E-state index contributed by atoms with van der Waals surface area (Å²) in [5.41, 5.74) is 0. The maximum Gasteiger partial charge on any atom is 0.00393 e. The van der Waals surface area contributed by atoms with Crippen molar-refractivity contribution in [3.05, 3.63) is 0 Å². The summed E-state index contributed by atoms with van der Waals surface area (Å²) >= 11 is 5.21. The lowest BCUT2D eigenvalue weighted by atomic mass is 10.6. The molecule has 0 unspecified atom stereocenters. The van der Waals surface area contributed by atoms with Gasteiger partial charge in [-0.15, -0.1) is 9.45 Å². The van der Waals surface area contributed by atoms with Crippen LogP contribution in [-0.2, 0) is 20.6 Å². The molecule has 0 heterocycles. The molecule has 50 valence electrons. The minimum absolute atomic E-state index is 0.210. The zero-order valence-electron chi connectivity index (χ0n) is 5.97. The summed E-state index contributed by atoms with van der Waals surface area (Å²) in [5.74, 6) is 0.